The van der Waals surface area contributed by atoms with Crippen LogP contribution in [0.1, 0.15) is 35.4 Å². The Balaban J connectivity index is 1.36. The highest BCUT2D eigenvalue weighted by atomic mass is 35.5. The molecule has 0 saturated carbocycles. The molecule has 2 aliphatic heterocycles. The molecule has 0 saturated heterocycles. The monoisotopic (exact) mass is 436 g/mol. The third-order valence-electron chi connectivity index (χ3n) is 6.18. The minimum atomic E-state index is -0.284. The first-order valence-corrected chi connectivity index (χ1v) is 11.2. The van der Waals surface area contributed by atoms with Crippen LogP contribution < -0.4 is 4.74 Å². The molecule has 4 aromatic carbocycles. The maximum absolute atomic E-state index is 6.41. The number of halogens is 1. The van der Waals surface area contributed by atoms with Gasteiger partial charge in [-0.05, 0) is 34.9 Å². The van der Waals surface area contributed by atoms with Crippen LogP contribution in [-0.2, 0) is 0 Å². The molecule has 4 aromatic rings. The highest BCUT2D eigenvalue weighted by molar-refractivity contribution is 6.30. The van der Waals surface area contributed by atoms with Gasteiger partial charge in [0.15, 0.2) is 0 Å². The number of para-hydroxylation sites is 1. The fourth-order valence-corrected chi connectivity index (χ4v) is 4.67. The zero-order chi connectivity index (χ0) is 21.5. The Morgan fingerprint density at radius 1 is 0.719 bits per heavy atom. The molecule has 156 valence electrons. The van der Waals surface area contributed by atoms with Crippen LogP contribution in [0.25, 0.3) is 11.1 Å². The molecule has 0 fully saturated rings. The van der Waals surface area contributed by atoms with Gasteiger partial charge in [-0.3, -0.25) is 0 Å². The van der Waals surface area contributed by atoms with E-state index in [4.69, 9.17) is 21.4 Å². The molecule has 0 amide bonds. The second-order valence-electron chi connectivity index (χ2n) is 8.15. The third kappa shape index (κ3) is 3.35. The van der Waals surface area contributed by atoms with Crippen LogP contribution >= 0.6 is 11.6 Å². The SMILES string of the molecule is Clc1ccc([C@H]2Oc3ccccc3[C@@H]3CC(c4ccc(-c5ccccc5)cc4)=NN23)cc1. The van der Waals surface area contributed by atoms with Crippen molar-refractivity contribution in [2.75, 3.05) is 0 Å². The highest BCUT2D eigenvalue weighted by Crippen LogP contribution is 2.47. The van der Waals surface area contributed by atoms with E-state index in [1.54, 1.807) is 0 Å². The fourth-order valence-electron chi connectivity index (χ4n) is 4.54. The summed E-state index contributed by atoms with van der Waals surface area (Å²) in [6, 6.07) is 35.4. The Kier molecular flexibility index (Phi) is 4.70. The molecular weight excluding hydrogens is 416 g/mol. The van der Waals surface area contributed by atoms with Crippen LogP contribution in [0, 0.1) is 0 Å². The average molecular weight is 437 g/mol. The van der Waals surface area contributed by atoms with E-state index < -0.39 is 0 Å². The molecule has 4 heteroatoms. The Morgan fingerprint density at radius 3 is 2.16 bits per heavy atom. The number of fused-ring (bicyclic) bond motifs is 3. The number of ether oxygens (including phenoxy) is 1. The number of hydrogen-bond donors (Lipinski definition) is 0. The Morgan fingerprint density at radius 2 is 1.38 bits per heavy atom. The molecule has 2 atom stereocenters. The summed E-state index contributed by atoms with van der Waals surface area (Å²) in [5, 5.41) is 7.87. The molecule has 3 nitrogen and oxygen atoms in total. The molecule has 2 aliphatic rings. The van der Waals surface area contributed by atoms with E-state index >= 15 is 0 Å². The van der Waals surface area contributed by atoms with Gasteiger partial charge in [-0.1, -0.05) is 96.5 Å². The standard InChI is InChI=1S/C28H21ClN2O/c29-23-16-14-22(15-17-23)28-31-26(24-8-4-5-9-27(24)32-28)18-25(30-31)21-12-10-20(11-13-21)19-6-2-1-3-7-19/h1-17,26,28H,18H2/t26-,28+/m0/s1. The number of hydrazone groups is 1. The molecule has 0 unspecified atom stereocenters. The van der Waals surface area contributed by atoms with Crippen molar-refractivity contribution in [3.63, 3.8) is 0 Å². The molecule has 0 radical (unpaired) electrons. The van der Waals surface area contributed by atoms with Gasteiger partial charge in [0.05, 0.1) is 11.8 Å². The number of benzene rings is 4. The highest BCUT2D eigenvalue weighted by Gasteiger charge is 2.40. The summed E-state index contributed by atoms with van der Waals surface area (Å²) in [5.41, 5.74) is 6.87. The predicted molar refractivity (Wildman–Crippen MR) is 129 cm³/mol. The minimum Gasteiger partial charge on any atom is -0.464 e. The van der Waals surface area contributed by atoms with E-state index in [9.17, 15) is 0 Å². The molecule has 0 aromatic heterocycles. The molecule has 2 heterocycles. The van der Waals surface area contributed by atoms with Gasteiger partial charge in [-0.25, -0.2) is 5.01 Å². The summed E-state index contributed by atoms with van der Waals surface area (Å²) < 4.78 is 6.41. The van der Waals surface area contributed by atoms with Crippen LogP contribution in [0.5, 0.6) is 5.75 Å². The second kappa shape index (κ2) is 7.85. The topological polar surface area (TPSA) is 24.8 Å². The largest absolute Gasteiger partial charge is 0.464 e. The van der Waals surface area contributed by atoms with Gasteiger partial charge in [0.1, 0.15) is 5.75 Å². The number of rotatable bonds is 3. The maximum atomic E-state index is 6.41. The van der Waals surface area contributed by atoms with Crippen LogP contribution in [-0.4, -0.2) is 10.7 Å². The van der Waals surface area contributed by atoms with Crippen LogP contribution in [0.3, 0.4) is 0 Å². The van der Waals surface area contributed by atoms with Crippen LogP contribution in [0.4, 0.5) is 0 Å². The van der Waals surface area contributed by atoms with Crippen molar-refractivity contribution in [1.82, 2.24) is 5.01 Å². The normalized spacial score (nSPS) is 19.0. The lowest BCUT2D eigenvalue weighted by atomic mass is 9.95. The van der Waals surface area contributed by atoms with Crippen molar-refractivity contribution in [3.8, 4) is 16.9 Å². The van der Waals surface area contributed by atoms with Gasteiger partial charge >= 0.3 is 0 Å². The fraction of sp³-hybridized carbons (Fsp3) is 0.107. The minimum absolute atomic E-state index is 0.143. The van der Waals surface area contributed by atoms with Gasteiger partial charge in [0, 0.05) is 22.6 Å². The summed E-state index contributed by atoms with van der Waals surface area (Å²) in [7, 11) is 0. The lowest BCUT2D eigenvalue weighted by Crippen LogP contribution is -2.33. The molecule has 0 spiro atoms. The molecule has 0 N–H and O–H groups in total. The van der Waals surface area contributed by atoms with Crippen LogP contribution in [0.15, 0.2) is 108 Å². The zero-order valence-electron chi connectivity index (χ0n) is 17.4. The van der Waals surface area contributed by atoms with E-state index in [0.29, 0.717) is 5.02 Å². The summed E-state index contributed by atoms with van der Waals surface area (Å²) in [6.07, 6.45) is 0.558. The Bertz CT molecular complexity index is 1280. The Hall–Kier alpha value is -3.56. The van der Waals surface area contributed by atoms with Crippen molar-refractivity contribution in [3.05, 3.63) is 125 Å². The molecule has 0 bridgehead atoms. The molecule has 32 heavy (non-hydrogen) atoms. The summed E-state index contributed by atoms with van der Waals surface area (Å²) in [6.45, 7) is 0. The van der Waals surface area contributed by atoms with Crippen molar-refractivity contribution in [2.24, 2.45) is 5.10 Å². The lowest BCUT2D eigenvalue weighted by molar-refractivity contribution is -0.0190. The van der Waals surface area contributed by atoms with E-state index in [0.717, 1.165) is 29.0 Å². The van der Waals surface area contributed by atoms with E-state index in [1.165, 1.54) is 16.7 Å². The Labute approximate surface area is 192 Å². The summed E-state index contributed by atoms with van der Waals surface area (Å²) in [5.74, 6) is 0.921. The van der Waals surface area contributed by atoms with Gasteiger partial charge in [0.25, 0.3) is 0 Å². The quantitative estimate of drug-likeness (QED) is 0.338. The van der Waals surface area contributed by atoms with Crippen LogP contribution in [0.2, 0.25) is 5.02 Å². The maximum Gasteiger partial charge on any atom is 0.213 e. The first-order chi connectivity index (χ1) is 15.8. The third-order valence-corrected chi connectivity index (χ3v) is 6.43. The van der Waals surface area contributed by atoms with Crippen molar-refractivity contribution >= 4 is 17.3 Å². The van der Waals surface area contributed by atoms with Gasteiger partial charge < -0.3 is 4.74 Å². The van der Waals surface area contributed by atoms with E-state index in [1.807, 2.05) is 42.5 Å². The first kappa shape index (κ1) is 19.1. The van der Waals surface area contributed by atoms with Gasteiger partial charge in [-0.15, -0.1) is 0 Å². The molecule has 0 aliphatic carbocycles. The van der Waals surface area contributed by atoms with Crippen molar-refractivity contribution in [2.45, 2.75) is 18.7 Å². The lowest BCUT2D eigenvalue weighted by Gasteiger charge is -2.38. The van der Waals surface area contributed by atoms with E-state index in [-0.39, 0.29) is 12.3 Å². The first-order valence-electron chi connectivity index (χ1n) is 10.8. The summed E-state index contributed by atoms with van der Waals surface area (Å²) in [4.78, 5) is 0. The van der Waals surface area contributed by atoms with Crippen molar-refractivity contribution < 1.29 is 4.74 Å². The predicted octanol–water partition coefficient (Wildman–Crippen LogP) is 7.25. The van der Waals surface area contributed by atoms with Crippen molar-refractivity contribution in [1.29, 1.82) is 0 Å². The molecular formula is C28H21ClN2O. The van der Waals surface area contributed by atoms with E-state index in [2.05, 4.69) is 65.7 Å². The van der Waals surface area contributed by atoms with Gasteiger partial charge in [-0.2, -0.15) is 5.10 Å². The summed E-state index contributed by atoms with van der Waals surface area (Å²) >= 11 is 6.12. The second-order valence-corrected chi connectivity index (χ2v) is 8.59. The molecule has 6 rings (SSSR count). The zero-order valence-corrected chi connectivity index (χ0v) is 18.1. The number of nitrogens with zero attached hydrogens (tertiary/aromatic N) is 2. The average Bonchev–Trinajstić information content (AvgIpc) is 3.31. The smallest absolute Gasteiger partial charge is 0.213 e. The number of hydrogen-bond acceptors (Lipinski definition) is 3. The van der Waals surface area contributed by atoms with Gasteiger partial charge in [0.2, 0.25) is 6.23 Å².